The van der Waals surface area contributed by atoms with Crippen LogP contribution in [0.3, 0.4) is 0 Å². The van der Waals surface area contributed by atoms with Crippen LogP contribution in [0.15, 0.2) is 4.76 Å². The van der Waals surface area contributed by atoms with Crippen LogP contribution in [0.4, 0.5) is 4.79 Å². The van der Waals surface area contributed by atoms with E-state index in [1.54, 1.807) is 34.6 Å². The first-order valence-corrected chi connectivity index (χ1v) is 11.7. The summed E-state index contributed by atoms with van der Waals surface area (Å²) in [6.07, 6.45) is -0.749. The number of nitrogens with zero attached hydrogens (tertiary/aromatic N) is 1. The van der Waals surface area contributed by atoms with E-state index in [1.165, 1.54) is 0 Å². The highest BCUT2D eigenvalue weighted by Gasteiger charge is 2.38. The second kappa shape index (κ2) is 11.3. The Morgan fingerprint density at radius 2 is 1.48 bits per heavy atom. The molecule has 0 aliphatic rings. The van der Waals surface area contributed by atoms with Gasteiger partial charge in [-0.05, 0) is 53.9 Å². The monoisotopic (exact) mass is 436 g/mol. The molecule has 0 saturated heterocycles. The van der Waals surface area contributed by atoms with Gasteiger partial charge in [-0.3, -0.25) is 9.05 Å². The standard InChI is InChI=1S/C20H41N2O6P/c1-12-25-29(24,26-13-2)22-17(27-14(3)4)15(5)16(19(6,7)8)21-18(23)28-20(9,10)11/h14-16H,12-13H2,1-11H3,(H,21,23)/b22-17-/t15-,16+/m1/s1. The van der Waals surface area contributed by atoms with Gasteiger partial charge in [-0.25, -0.2) is 9.36 Å². The lowest BCUT2D eigenvalue weighted by atomic mass is 9.79. The average molecular weight is 437 g/mol. The van der Waals surface area contributed by atoms with E-state index in [0.717, 1.165) is 0 Å². The van der Waals surface area contributed by atoms with Crippen LogP contribution in [0, 0.1) is 11.3 Å². The van der Waals surface area contributed by atoms with Crippen molar-refractivity contribution in [2.45, 2.75) is 93.9 Å². The van der Waals surface area contributed by atoms with Crippen molar-refractivity contribution in [2.24, 2.45) is 16.1 Å². The third kappa shape index (κ3) is 11.0. The predicted octanol–water partition coefficient (Wildman–Crippen LogP) is 5.57. The summed E-state index contributed by atoms with van der Waals surface area (Å²) in [6.45, 7) is 20.7. The maximum Gasteiger partial charge on any atom is 0.456 e. The normalized spacial score (nSPS) is 15.8. The van der Waals surface area contributed by atoms with Gasteiger partial charge in [-0.1, -0.05) is 27.7 Å². The van der Waals surface area contributed by atoms with Crippen LogP contribution in [-0.4, -0.2) is 43.0 Å². The van der Waals surface area contributed by atoms with Crippen molar-refractivity contribution in [3.05, 3.63) is 0 Å². The van der Waals surface area contributed by atoms with Crippen molar-refractivity contribution in [1.29, 1.82) is 0 Å². The minimum atomic E-state index is -3.73. The van der Waals surface area contributed by atoms with Crippen molar-refractivity contribution in [3.63, 3.8) is 0 Å². The maximum absolute atomic E-state index is 13.0. The van der Waals surface area contributed by atoms with Crippen LogP contribution in [-0.2, 0) is 23.1 Å². The topological polar surface area (TPSA) is 95.5 Å². The number of hydrogen-bond donors (Lipinski definition) is 1. The van der Waals surface area contributed by atoms with E-state index in [9.17, 15) is 9.36 Å². The molecule has 0 spiro atoms. The van der Waals surface area contributed by atoms with E-state index < -0.39 is 31.4 Å². The molecule has 0 heterocycles. The highest BCUT2D eigenvalue weighted by molar-refractivity contribution is 7.52. The number of carbonyl (C=O) groups is 1. The summed E-state index contributed by atoms with van der Waals surface area (Å²) in [4.78, 5) is 12.4. The van der Waals surface area contributed by atoms with Gasteiger partial charge in [0.1, 0.15) is 5.60 Å². The van der Waals surface area contributed by atoms with Crippen molar-refractivity contribution in [2.75, 3.05) is 13.2 Å². The summed E-state index contributed by atoms with van der Waals surface area (Å²) in [7, 11) is -3.73. The van der Waals surface area contributed by atoms with Gasteiger partial charge in [0.2, 0.25) is 0 Å². The van der Waals surface area contributed by atoms with E-state index in [-0.39, 0.29) is 30.6 Å². The zero-order chi connectivity index (χ0) is 23.0. The van der Waals surface area contributed by atoms with Gasteiger partial charge in [0.15, 0.2) is 5.90 Å². The minimum absolute atomic E-state index is 0.184. The molecule has 8 nitrogen and oxygen atoms in total. The molecule has 0 saturated carbocycles. The Labute approximate surface area is 176 Å². The minimum Gasteiger partial charge on any atom is -0.478 e. The lowest BCUT2D eigenvalue weighted by molar-refractivity contribution is 0.0440. The zero-order valence-electron chi connectivity index (χ0n) is 20.0. The quantitative estimate of drug-likeness (QED) is 0.288. The Bertz CT molecular complexity index is 583. The van der Waals surface area contributed by atoms with Crippen LogP contribution in [0.25, 0.3) is 0 Å². The number of hydrogen-bond acceptors (Lipinski definition) is 6. The Kier molecular flexibility index (Phi) is 10.9. The van der Waals surface area contributed by atoms with Crippen molar-refractivity contribution in [3.8, 4) is 0 Å². The van der Waals surface area contributed by atoms with Crippen LogP contribution >= 0.6 is 7.75 Å². The van der Waals surface area contributed by atoms with Crippen LogP contribution in [0.2, 0.25) is 0 Å². The molecule has 0 fully saturated rings. The van der Waals surface area contributed by atoms with Gasteiger partial charge in [0.05, 0.1) is 25.2 Å². The molecule has 0 bridgehead atoms. The van der Waals surface area contributed by atoms with Gasteiger partial charge in [0.25, 0.3) is 0 Å². The Morgan fingerprint density at radius 1 is 1.00 bits per heavy atom. The Hall–Kier alpha value is -1.11. The number of ether oxygens (including phenoxy) is 2. The molecule has 1 amide bonds. The number of carbonyl (C=O) groups excluding carboxylic acids is 1. The number of alkyl carbamates (subject to hydrolysis) is 1. The number of rotatable bonds is 9. The largest absolute Gasteiger partial charge is 0.478 e. The first-order chi connectivity index (χ1) is 13.0. The fourth-order valence-electron chi connectivity index (χ4n) is 2.67. The highest BCUT2D eigenvalue weighted by Crippen LogP contribution is 2.50. The smallest absolute Gasteiger partial charge is 0.456 e. The van der Waals surface area contributed by atoms with Crippen LogP contribution in [0.1, 0.15) is 76.2 Å². The molecule has 0 aromatic heterocycles. The molecule has 0 radical (unpaired) electrons. The molecule has 172 valence electrons. The molecule has 29 heavy (non-hydrogen) atoms. The molecule has 0 aromatic carbocycles. The van der Waals surface area contributed by atoms with E-state index in [2.05, 4.69) is 10.1 Å². The molecule has 2 atom stereocenters. The summed E-state index contributed by atoms with van der Waals surface area (Å²) < 4.78 is 39.1. The first kappa shape index (κ1) is 27.9. The summed E-state index contributed by atoms with van der Waals surface area (Å²) in [5.74, 6) is -0.208. The fourth-order valence-corrected chi connectivity index (χ4v) is 3.99. The van der Waals surface area contributed by atoms with Gasteiger partial charge >= 0.3 is 13.8 Å². The second-order valence-electron chi connectivity index (χ2n) is 9.19. The summed E-state index contributed by atoms with van der Waals surface area (Å²) in [5, 5.41) is 2.92. The van der Waals surface area contributed by atoms with E-state index in [0.29, 0.717) is 0 Å². The predicted molar refractivity (Wildman–Crippen MR) is 116 cm³/mol. The molecular formula is C20H41N2O6P. The van der Waals surface area contributed by atoms with Crippen LogP contribution in [0.5, 0.6) is 0 Å². The van der Waals surface area contributed by atoms with Gasteiger partial charge < -0.3 is 14.8 Å². The molecule has 1 N–H and O–H groups in total. The van der Waals surface area contributed by atoms with E-state index in [4.69, 9.17) is 18.5 Å². The second-order valence-corrected chi connectivity index (χ2v) is 10.8. The molecule has 9 heteroatoms. The molecule has 0 unspecified atom stereocenters. The third-order valence-corrected chi connectivity index (χ3v) is 5.27. The average Bonchev–Trinajstić information content (AvgIpc) is 2.48. The maximum atomic E-state index is 13.0. The van der Waals surface area contributed by atoms with Gasteiger partial charge in [-0.2, -0.15) is 0 Å². The van der Waals surface area contributed by atoms with Gasteiger partial charge in [-0.15, -0.1) is 4.76 Å². The molecule has 0 aliphatic heterocycles. The third-order valence-electron chi connectivity index (χ3n) is 3.66. The summed E-state index contributed by atoms with van der Waals surface area (Å²) in [6, 6.07) is -0.411. The Balaban J connectivity index is 6.00. The molecule has 0 aromatic rings. The van der Waals surface area contributed by atoms with Crippen molar-refractivity contribution in [1.82, 2.24) is 5.32 Å². The van der Waals surface area contributed by atoms with Crippen molar-refractivity contribution < 1.29 is 27.9 Å². The number of amides is 1. The number of nitrogens with one attached hydrogen (secondary N) is 1. The molecule has 0 aliphatic carbocycles. The molecular weight excluding hydrogens is 395 g/mol. The SMILES string of the molecule is CCOP(=O)(/N=C(\OC(C)C)[C@H](C)[C@H](NC(=O)OC(C)(C)C)C(C)(C)C)OCC. The lowest BCUT2D eigenvalue weighted by Crippen LogP contribution is -2.51. The summed E-state index contributed by atoms with van der Waals surface area (Å²) >= 11 is 0. The fraction of sp³-hybridized carbons (Fsp3) is 0.900. The van der Waals surface area contributed by atoms with E-state index in [1.807, 2.05) is 41.5 Å². The lowest BCUT2D eigenvalue weighted by Gasteiger charge is -2.37. The first-order valence-electron chi connectivity index (χ1n) is 10.2. The van der Waals surface area contributed by atoms with Crippen LogP contribution < -0.4 is 5.32 Å². The van der Waals surface area contributed by atoms with Crippen molar-refractivity contribution >= 4 is 19.7 Å². The highest BCUT2D eigenvalue weighted by atomic mass is 31.2. The molecule has 0 rings (SSSR count). The summed E-state index contributed by atoms with van der Waals surface area (Å²) in [5.41, 5.74) is -0.987. The van der Waals surface area contributed by atoms with Gasteiger partial charge in [0, 0.05) is 6.04 Å². The zero-order valence-corrected chi connectivity index (χ0v) is 20.9. The van der Waals surface area contributed by atoms with E-state index >= 15 is 0 Å². The Morgan fingerprint density at radius 3 is 1.83 bits per heavy atom.